The van der Waals surface area contributed by atoms with Crippen molar-refractivity contribution in [3.05, 3.63) is 68.7 Å². The number of carbonyl (C=O) groups excluding carboxylic acids is 2. The minimum Gasteiger partial charge on any atom is -0.467 e. The number of amides is 1. The molecule has 1 fully saturated rings. The van der Waals surface area contributed by atoms with Crippen molar-refractivity contribution in [3.8, 4) is 0 Å². The molecule has 1 spiro atoms. The third kappa shape index (κ3) is 4.67. The molecule has 0 bridgehead atoms. The average molecular weight is 615 g/mol. The summed E-state index contributed by atoms with van der Waals surface area (Å²) in [5.74, 6) is -3.05. The van der Waals surface area contributed by atoms with Gasteiger partial charge in [0.2, 0.25) is 0 Å². The van der Waals surface area contributed by atoms with Gasteiger partial charge in [-0.15, -0.1) is 0 Å². The smallest absolute Gasteiger partial charge is 0.467 e. The lowest BCUT2D eigenvalue weighted by Crippen LogP contribution is -2.63. The molecule has 0 saturated heterocycles. The summed E-state index contributed by atoms with van der Waals surface area (Å²) in [7, 11) is 2.74. The zero-order valence-corrected chi connectivity index (χ0v) is 23.8. The number of hydrogen-bond acceptors (Lipinski definition) is 4. The number of fused-ring (bicyclic) bond motifs is 2. The van der Waals surface area contributed by atoms with Gasteiger partial charge in [-0.1, -0.05) is 51.8 Å². The highest BCUT2D eigenvalue weighted by molar-refractivity contribution is 9.11. The number of benzene rings is 2. The molecular formula is C28H28BrClF3NO4. The molecule has 4 rings (SSSR count). The van der Waals surface area contributed by atoms with Crippen LogP contribution in [0.2, 0.25) is 5.02 Å². The van der Waals surface area contributed by atoms with Crippen LogP contribution in [0.1, 0.15) is 56.2 Å². The number of carbonyl (C=O) groups is 2. The van der Waals surface area contributed by atoms with E-state index in [2.05, 4.69) is 22.0 Å². The second kappa shape index (κ2) is 9.99. The first-order chi connectivity index (χ1) is 17.7. The Hall–Kier alpha value is -2.36. The first kappa shape index (κ1) is 28.6. The number of halogens is 5. The predicted octanol–water partition coefficient (Wildman–Crippen LogP) is 7.29. The van der Waals surface area contributed by atoms with Gasteiger partial charge in [0.1, 0.15) is 5.54 Å². The van der Waals surface area contributed by atoms with Crippen molar-refractivity contribution >= 4 is 51.2 Å². The van der Waals surface area contributed by atoms with Gasteiger partial charge < -0.3 is 9.47 Å². The number of methoxy groups -OCH3 is 2. The predicted molar refractivity (Wildman–Crippen MR) is 143 cm³/mol. The lowest BCUT2D eigenvalue weighted by Gasteiger charge is -2.49. The van der Waals surface area contributed by atoms with E-state index in [0.717, 1.165) is 28.3 Å². The summed E-state index contributed by atoms with van der Waals surface area (Å²) in [6.45, 7) is 3.90. The number of alkyl halides is 3. The lowest BCUT2D eigenvalue weighted by molar-refractivity contribution is -0.174. The van der Waals surface area contributed by atoms with Gasteiger partial charge in [-0.2, -0.15) is 13.2 Å². The third-order valence-electron chi connectivity index (χ3n) is 7.95. The fourth-order valence-corrected chi connectivity index (χ4v) is 6.64. The molecule has 38 heavy (non-hydrogen) atoms. The topological polar surface area (TPSA) is 55.8 Å². The number of anilines is 1. The molecule has 1 amide bonds. The number of rotatable bonds is 5. The fourth-order valence-electron chi connectivity index (χ4n) is 5.60. The molecule has 0 atom stereocenters. The Kier molecular flexibility index (Phi) is 7.53. The van der Waals surface area contributed by atoms with Crippen molar-refractivity contribution in [1.29, 1.82) is 0 Å². The zero-order valence-electron chi connectivity index (χ0n) is 21.4. The van der Waals surface area contributed by atoms with E-state index >= 15 is 0 Å². The monoisotopic (exact) mass is 613 g/mol. The molecule has 2 aromatic carbocycles. The lowest BCUT2D eigenvalue weighted by atomic mass is 9.64. The van der Waals surface area contributed by atoms with Crippen molar-refractivity contribution in [2.24, 2.45) is 0 Å². The zero-order chi connectivity index (χ0) is 28.1. The molecule has 2 aliphatic rings. The SMILES string of the molecule is COC(=O)C1(N(C(=O)C(F)(F)F)c2cccc(Cl)c2)CCC2(CC1)C(Br)=Cc1ccc(C(C)(C)OC)cc12. The summed E-state index contributed by atoms with van der Waals surface area (Å²) >= 11 is 9.79. The van der Waals surface area contributed by atoms with Crippen LogP contribution in [0, 0.1) is 0 Å². The van der Waals surface area contributed by atoms with E-state index in [1.807, 2.05) is 32.1 Å². The van der Waals surface area contributed by atoms with E-state index < -0.39 is 34.6 Å². The highest BCUT2D eigenvalue weighted by Gasteiger charge is 2.59. The number of ether oxygens (including phenoxy) is 2. The summed E-state index contributed by atoms with van der Waals surface area (Å²) in [5, 5.41) is 0.137. The van der Waals surface area contributed by atoms with Gasteiger partial charge >= 0.3 is 18.1 Å². The molecule has 5 nitrogen and oxygen atoms in total. The van der Waals surface area contributed by atoms with Crippen molar-refractivity contribution in [3.63, 3.8) is 0 Å². The highest BCUT2D eigenvalue weighted by Crippen LogP contribution is 2.57. The molecular weight excluding hydrogens is 587 g/mol. The number of nitrogens with zero attached hydrogens (tertiary/aromatic N) is 1. The van der Waals surface area contributed by atoms with Crippen LogP contribution in [0.25, 0.3) is 6.08 Å². The Morgan fingerprint density at radius 3 is 2.24 bits per heavy atom. The Morgan fingerprint density at radius 1 is 1.03 bits per heavy atom. The maximum absolute atomic E-state index is 13.9. The van der Waals surface area contributed by atoms with Crippen LogP contribution in [0.15, 0.2) is 46.9 Å². The fraction of sp³-hybridized carbons (Fsp3) is 0.429. The van der Waals surface area contributed by atoms with Gasteiger partial charge in [-0.25, -0.2) is 4.79 Å². The van der Waals surface area contributed by atoms with Gasteiger partial charge in [0.15, 0.2) is 0 Å². The van der Waals surface area contributed by atoms with Crippen LogP contribution < -0.4 is 4.90 Å². The number of allylic oxidation sites excluding steroid dienone is 1. The molecule has 2 aliphatic carbocycles. The van der Waals surface area contributed by atoms with Crippen LogP contribution in [0.3, 0.4) is 0 Å². The maximum Gasteiger partial charge on any atom is 0.471 e. The summed E-state index contributed by atoms with van der Waals surface area (Å²) in [6.07, 6.45) is -2.75. The summed E-state index contributed by atoms with van der Waals surface area (Å²) < 4.78 is 53.3. The van der Waals surface area contributed by atoms with E-state index in [-0.39, 0.29) is 23.6 Å². The average Bonchev–Trinajstić information content (AvgIpc) is 3.14. The first-order valence-electron chi connectivity index (χ1n) is 12.0. The molecule has 0 heterocycles. The molecule has 0 radical (unpaired) electrons. The van der Waals surface area contributed by atoms with Crippen LogP contribution >= 0.6 is 27.5 Å². The molecule has 0 aromatic heterocycles. The number of esters is 1. The standard InChI is InChI=1S/C28H28BrClF3NO4/c1-25(2,38-4)18-9-8-17-14-22(29)26(21(17)15-18)10-12-27(13-11-26,24(36)37-3)34(23(35)28(31,32)33)20-7-5-6-19(30)16-20/h5-9,14-16H,10-13H2,1-4H3. The quantitative estimate of drug-likeness (QED) is 0.332. The number of hydrogen-bond donors (Lipinski definition) is 0. The molecule has 1 saturated carbocycles. The van der Waals surface area contributed by atoms with Crippen LogP contribution in [-0.4, -0.2) is 37.8 Å². The molecule has 0 aliphatic heterocycles. The Balaban J connectivity index is 1.82. The van der Waals surface area contributed by atoms with E-state index in [1.54, 1.807) is 7.11 Å². The van der Waals surface area contributed by atoms with Crippen molar-refractivity contribution < 1.29 is 32.2 Å². The Morgan fingerprint density at radius 2 is 1.68 bits per heavy atom. The van der Waals surface area contributed by atoms with Crippen LogP contribution in [-0.2, 0) is 30.1 Å². The van der Waals surface area contributed by atoms with Gasteiger partial charge in [0, 0.05) is 27.7 Å². The van der Waals surface area contributed by atoms with Crippen LogP contribution in [0.5, 0.6) is 0 Å². The molecule has 0 N–H and O–H groups in total. The third-order valence-corrected chi connectivity index (χ3v) is 9.17. The second-order valence-corrected chi connectivity index (χ2v) is 11.5. The van der Waals surface area contributed by atoms with Gasteiger partial charge in [0.05, 0.1) is 12.7 Å². The Labute approximate surface area is 233 Å². The van der Waals surface area contributed by atoms with E-state index in [9.17, 15) is 22.8 Å². The highest BCUT2D eigenvalue weighted by atomic mass is 79.9. The van der Waals surface area contributed by atoms with E-state index in [1.165, 1.54) is 24.3 Å². The summed E-state index contributed by atoms with van der Waals surface area (Å²) in [4.78, 5) is 26.7. The van der Waals surface area contributed by atoms with Crippen LogP contribution in [0.4, 0.5) is 18.9 Å². The summed E-state index contributed by atoms with van der Waals surface area (Å²) in [6, 6.07) is 11.6. The Bertz CT molecular complexity index is 1300. The van der Waals surface area contributed by atoms with Crippen molar-refractivity contribution in [2.75, 3.05) is 19.1 Å². The van der Waals surface area contributed by atoms with Crippen molar-refractivity contribution in [1.82, 2.24) is 0 Å². The normalized spacial score (nSPS) is 23.1. The molecule has 10 heteroatoms. The van der Waals surface area contributed by atoms with Gasteiger partial charge in [-0.3, -0.25) is 9.69 Å². The molecule has 204 valence electrons. The van der Waals surface area contributed by atoms with E-state index in [4.69, 9.17) is 21.1 Å². The maximum atomic E-state index is 13.9. The molecule has 0 unspecified atom stereocenters. The van der Waals surface area contributed by atoms with Gasteiger partial charge in [-0.05, 0) is 80.5 Å². The van der Waals surface area contributed by atoms with Gasteiger partial charge in [0.25, 0.3) is 0 Å². The minimum atomic E-state index is -5.22. The van der Waals surface area contributed by atoms with E-state index in [0.29, 0.717) is 17.7 Å². The summed E-state index contributed by atoms with van der Waals surface area (Å²) in [5.41, 5.74) is -0.195. The first-order valence-corrected chi connectivity index (χ1v) is 13.2. The largest absolute Gasteiger partial charge is 0.471 e. The second-order valence-electron chi connectivity index (χ2n) is 10.2. The minimum absolute atomic E-state index is 0.0612. The van der Waals surface area contributed by atoms with Crippen molar-refractivity contribution in [2.45, 2.75) is 62.3 Å². The molecule has 2 aromatic rings.